The van der Waals surface area contributed by atoms with Crippen LogP contribution in [0.15, 0.2) is 12.1 Å². The molecule has 1 rings (SSSR count). The van der Waals surface area contributed by atoms with Crippen molar-refractivity contribution in [3.8, 4) is 5.75 Å². The van der Waals surface area contributed by atoms with Gasteiger partial charge in [0.2, 0.25) is 0 Å². The van der Waals surface area contributed by atoms with Gasteiger partial charge in [-0.2, -0.15) is 0 Å². The quantitative estimate of drug-likeness (QED) is 0.417. The van der Waals surface area contributed by atoms with Gasteiger partial charge in [0.25, 0.3) is 0 Å². The topological polar surface area (TPSA) is 54.6 Å². The van der Waals surface area contributed by atoms with E-state index in [1.165, 1.54) is 12.1 Å². The van der Waals surface area contributed by atoms with Gasteiger partial charge < -0.3 is 10.6 Å². The van der Waals surface area contributed by atoms with Crippen LogP contribution in [0.3, 0.4) is 0 Å². The van der Waals surface area contributed by atoms with Crippen LogP contribution < -0.4 is 34.7 Å². The molecule has 12 heavy (non-hydrogen) atoms. The number of hydrogen-bond donors (Lipinski definition) is 0. The minimum Gasteiger partial charge on any atom is -0.871 e. The minimum absolute atomic E-state index is 0. The number of halogens is 3. The predicted molar refractivity (Wildman–Crippen MR) is 44.5 cm³/mol. The summed E-state index contributed by atoms with van der Waals surface area (Å²) in [7, 11) is 0. The third-order valence-electron chi connectivity index (χ3n) is 0.975. The molecule has 0 saturated heterocycles. The summed E-state index contributed by atoms with van der Waals surface area (Å²) in [5.74, 6) is -0.309. The van der Waals surface area contributed by atoms with Crippen LogP contribution in [0.4, 0.5) is 0 Å². The monoisotopic (exact) mass is 236 g/mol. The Morgan fingerprint density at radius 1 is 0.917 bits per heavy atom. The summed E-state index contributed by atoms with van der Waals surface area (Å²) < 4.78 is 0. The van der Waals surface area contributed by atoms with Gasteiger partial charge in [-0.25, -0.2) is 0 Å². The summed E-state index contributed by atoms with van der Waals surface area (Å²) >= 11 is 16.5. The predicted octanol–water partition coefficient (Wildman–Crippen LogP) is -1.10. The van der Waals surface area contributed by atoms with E-state index >= 15 is 0 Å². The van der Waals surface area contributed by atoms with Crippen LogP contribution in [0.5, 0.6) is 5.75 Å². The molecule has 0 spiro atoms. The summed E-state index contributed by atoms with van der Waals surface area (Å²) in [6.45, 7) is 0. The molecule has 0 radical (unpaired) electrons. The van der Waals surface area contributed by atoms with Gasteiger partial charge in [-0.05, 0) is 12.1 Å². The largest absolute Gasteiger partial charge is 1.00 e. The molecule has 0 atom stereocenters. The third kappa shape index (κ3) is 3.71. The molecule has 0 heterocycles. The molecule has 0 amide bonds. The zero-order valence-corrected chi connectivity index (χ0v) is 10.5. The number of hydrogen-bond acceptors (Lipinski definition) is 1. The molecular formula is C6H4Cl3NaO2. The van der Waals surface area contributed by atoms with Crippen LogP contribution in [0, 0.1) is 0 Å². The Morgan fingerprint density at radius 2 is 1.33 bits per heavy atom. The fourth-order valence-electron chi connectivity index (χ4n) is 0.504. The van der Waals surface area contributed by atoms with Gasteiger partial charge in [0, 0.05) is 5.02 Å². The van der Waals surface area contributed by atoms with Crippen LogP contribution >= 0.6 is 34.8 Å². The maximum Gasteiger partial charge on any atom is 1.00 e. The van der Waals surface area contributed by atoms with E-state index in [1.54, 1.807) is 0 Å². The van der Waals surface area contributed by atoms with Gasteiger partial charge in [0.1, 0.15) is 0 Å². The smallest absolute Gasteiger partial charge is 0.871 e. The number of benzene rings is 1. The van der Waals surface area contributed by atoms with Crippen LogP contribution in [-0.4, -0.2) is 5.48 Å². The summed E-state index contributed by atoms with van der Waals surface area (Å²) in [6, 6.07) is 2.51. The van der Waals surface area contributed by atoms with Gasteiger partial charge in [-0.3, -0.25) is 0 Å². The molecule has 0 bridgehead atoms. The van der Waals surface area contributed by atoms with Crippen molar-refractivity contribution in [3.05, 3.63) is 27.2 Å². The molecule has 2 N–H and O–H groups in total. The fraction of sp³-hybridized carbons (Fsp3) is 0. The molecule has 1 aromatic carbocycles. The first-order chi connectivity index (χ1) is 4.61. The summed E-state index contributed by atoms with van der Waals surface area (Å²) in [5.41, 5.74) is 0. The van der Waals surface area contributed by atoms with Crippen molar-refractivity contribution in [2.75, 3.05) is 0 Å². The third-order valence-corrected chi connectivity index (χ3v) is 1.99. The summed E-state index contributed by atoms with van der Waals surface area (Å²) in [4.78, 5) is 0. The van der Waals surface area contributed by atoms with E-state index in [4.69, 9.17) is 34.8 Å². The molecule has 0 aliphatic carbocycles. The van der Waals surface area contributed by atoms with E-state index in [0.717, 1.165) is 0 Å². The van der Waals surface area contributed by atoms with E-state index < -0.39 is 0 Å². The van der Waals surface area contributed by atoms with Crippen LogP contribution in [-0.2, 0) is 0 Å². The molecule has 0 aliphatic rings. The zero-order chi connectivity index (χ0) is 7.72. The average molecular weight is 237 g/mol. The SMILES string of the molecule is O.[Na+].[O-]c1cc(Cl)c(Cl)cc1Cl. The van der Waals surface area contributed by atoms with Crippen molar-refractivity contribution < 1.29 is 40.1 Å². The number of rotatable bonds is 0. The minimum atomic E-state index is -0.309. The molecule has 6 heteroatoms. The van der Waals surface area contributed by atoms with E-state index in [2.05, 4.69) is 0 Å². The Balaban J connectivity index is 0. The first kappa shape index (κ1) is 15.3. The van der Waals surface area contributed by atoms with Gasteiger partial charge in [-0.1, -0.05) is 40.6 Å². The van der Waals surface area contributed by atoms with Crippen molar-refractivity contribution in [3.63, 3.8) is 0 Å². The molecule has 0 aromatic heterocycles. The maximum atomic E-state index is 10.7. The Morgan fingerprint density at radius 3 is 1.75 bits per heavy atom. The van der Waals surface area contributed by atoms with E-state index in [1.807, 2.05) is 0 Å². The van der Waals surface area contributed by atoms with Crippen molar-refractivity contribution in [2.24, 2.45) is 0 Å². The maximum absolute atomic E-state index is 10.7. The van der Waals surface area contributed by atoms with Crippen LogP contribution in [0.2, 0.25) is 15.1 Å². The van der Waals surface area contributed by atoms with Gasteiger partial charge >= 0.3 is 29.6 Å². The second kappa shape index (κ2) is 6.33. The van der Waals surface area contributed by atoms with Crippen molar-refractivity contribution in [1.82, 2.24) is 0 Å². The van der Waals surface area contributed by atoms with Crippen LogP contribution in [0.25, 0.3) is 0 Å². The zero-order valence-electron chi connectivity index (χ0n) is 6.20. The Kier molecular flexibility index (Phi) is 8.08. The summed E-state index contributed by atoms with van der Waals surface area (Å²) in [6.07, 6.45) is 0. The van der Waals surface area contributed by atoms with Gasteiger partial charge in [0.15, 0.2) is 0 Å². The molecule has 62 valence electrons. The normalized spacial score (nSPS) is 8.25. The molecular weight excluding hydrogens is 233 g/mol. The van der Waals surface area contributed by atoms with Gasteiger partial charge in [0.05, 0.1) is 10.0 Å². The summed E-state index contributed by atoms with van der Waals surface area (Å²) in [5, 5.41) is 11.3. The van der Waals surface area contributed by atoms with E-state index in [-0.39, 0.29) is 50.8 Å². The molecule has 2 nitrogen and oxygen atoms in total. The van der Waals surface area contributed by atoms with Crippen LogP contribution in [0.1, 0.15) is 0 Å². The molecule has 0 aliphatic heterocycles. The fourth-order valence-corrected chi connectivity index (χ4v) is 1.04. The second-order valence-electron chi connectivity index (χ2n) is 1.70. The Labute approximate surface area is 107 Å². The van der Waals surface area contributed by atoms with E-state index in [0.29, 0.717) is 5.02 Å². The van der Waals surface area contributed by atoms with Crippen molar-refractivity contribution >= 4 is 34.8 Å². The first-order valence-corrected chi connectivity index (χ1v) is 3.56. The molecule has 0 fully saturated rings. The molecule has 1 aromatic rings. The average Bonchev–Trinajstić information content (AvgIpc) is 1.84. The van der Waals surface area contributed by atoms with Gasteiger partial charge in [-0.15, -0.1) is 0 Å². The van der Waals surface area contributed by atoms with E-state index in [9.17, 15) is 5.11 Å². The standard InChI is InChI=1S/C6H3Cl3O.Na.H2O/c7-3-1-5(9)6(10)2-4(3)8;;/h1-2,10H;;1H2/q;+1;/p-1. The van der Waals surface area contributed by atoms with Crippen molar-refractivity contribution in [1.29, 1.82) is 0 Å². The van der Waals surface area contributed by atoms with Crippen molar-refractivity contribution in [2.45, 2.75) is 0 Å². The first-order valence-electron chi connectivity index (χ1n) is 2.43. The Hall–Kier alpha value is 0.850. The molecule has 0 unspecified atom stereocenters. The molecule has 0 saturated carbocycles. The Bertz CT molecular complexity index is 217. The second-order valence-corrected chi connectivity index (χ2v) is 2.92.